The molecule has 2 nitrogen and oxygen atoms in total. The summed E-state index contributed by atoms with van der Waals surface area (Å²) in [5, 5.41) is 21.5. The molecule has 0 heterocycles. The number of phenolic OH excluding ortho intramolecular Hbond substituents is 2. The summed E-state index contributed by atoms with van der Waals surface area (Å²) in [5.41, 5.74) is 6.64. The van der Waals surface area contributed by atoms with Crippen LogP contribution in [0.2, 0.25) is 0 Å². The number of aryl methyl sites for hydroxylation is 2. The van der Waals surface area contributed by atoms with E-state index in [-0.39, 0.29) is 11.5 Å². The number of hydrogen-bond donors (Lipinski definition) is 2. The van der Waals surface area contributed by atoms with Crippen molar-refractivity contribution in [2.75, 3.05) is 0 Å². The number of hydrogen-bond acceptors (Lipinski definition) is 2. The first-order valence-corrected chi connectivity index (χ1v) is 11.2. The van der Waals surface area contributed by atoms with Crippen LogP contribution in [0.25, 0.3) is 11.1 Å². The third kappa shape index (κ3) is 3.79. The Balaban J connectivity index is 1.77. The molecule has 2 N–H and O–H groups in total. The van der Waals surface area contributed by atoms with Gasteiger partial charge in [0.1, 0.15) is 11.5 Å². The second kappa shape index (κ2) is 8.19. The summed E-state index contributed by atoms with van der Waals surface area (Å²) in [6, 6.07) is 8.13. The molecule has 0 amide bonds. The Morgan fingerprint density at radius 1 is 0.571 bits per heavy atom. The Morgan fingerprint density at radius 3 is 1.29 bits per heavy atom. The van der Waals surface area contributed by atoms with Crippen LogP contribution in [0.3, 0.4) is 0 Å². The zero-order chi connectivity index (χ0) is 19.7. The molecular formula is C26H34O2. The lowest BCUT2D eigenvalue weighted by molar-refractivity contribution is 0.439. The molecule has 2 aliphatic rings. The van der Waals surface area contributed by atoms with E-state index < -0.39 is 0 Å². The van der Waals surface area contributed by atoms with Crippen LogP contribution in [-0.4, -0.2) is 10.2 Å². The van der Waals surface area contributed by atoms with Crippen LogP contribution >= 0.6 is 0 Å². The van der Waals surface area contributed by atoms with E-state index in [1.54, 1.807) is 0 Å². The highest BCUT2D eigenvalue weighted by Gasteiger charge is 2.23. The second-order valence-corrected chi connectivity index (χ2v) is 9.12. The first kappa shape index (κ1) is 19.4. The molecule has 0 atom stereocenters. The molecule has 4 rings (SSSR count). The minimum absolute atomic E-state index is 0.283. The van der Waals surface area contributed by atoms with Crippen molar-refractivity contribution >= 4 is 0 Å². The van der Waals surface area contributed by atoms with E-state index in [1.807, 2.05) is 12.1 Å². The Kier molecular flexibility index (Phi) is 5.66. The molecule has 2 fully saturated rings. The number of aromatic hydroxyl groups is 2. The van der Waals surface area contributed by atoms with Crippen molar-refractivity contribution in [2.24, 2.45) is 0 Å². The zero-order valence-corrected chi connectivity index (χ0v) is 17.4. The van der Waals surface area contributed by atoms with E-state index in [9.17, 15) is 10.2 Å². The molecule has 0 aromatic heterocycles. The molecule has 2 aromatic rings. The van der Waals surface area contributed by atoms with Gasteiger partial charge >= 0.3 is 0 Å². The van der Waals surface area contributed by atoms with E-state index in [4.69, 9.17) is 0 Å². The van der Waals surface area contributed by atoms with Gasteiger partial charge in [-0.05, 0) is 97.9 Å². The second-order valence-electron chi connectivity index (χ2n) is 9.12. The Bertz CT molecular complexity index is 768. The summed E-state index contributed by atoms with van der Waals surface area (Å²) in [4.78, 5) is 0. The smallest absolute Gasteiger partial charge is 0.123 e. The van der Waals surface area contributed by atoms with Crippen molar-refractivity contribution in [3.63, 3.8) is 0 Å². The molecule has 0 spiro atoms. The molecule has 2 saturated carbocycles. The van der Waals surface area contributed by atoms with Gasteiger partial charge in [0.05, 0.1) is 0 Å². The van der Waals surface area contributed by atoms with Crippen LogP contribution in [0.15, 0.2) is 24.3 Å². The summed E-state index contributed by atoms with van der Waals surface area (Å²) in [6.07, 6.45) is 12.8. The summed E-state index contributed by atoms with van der Waals surface area (Å²) < 4.78 is 0. The maximum absolute atomic E-state index is 10.8. The van der Waals surface area contributed by atoms with E-state index in [0.29, 0.717) is 11.8 Å². The van der Waals surface area contributed by atoms with Crippen molar-refractivity contribution in [3.05, 3.63) is 46.5 Å². The van der Waals surface area contributed by atoms with Gasteiger partial charge in [-0.25, -0.2) is 0 Å². The SMILES string of the molecule is Cc1cc(O)c(-c2cc(C3CCCCC3)c(C)cc2O)cc1C1CCCCC1. The maximum Gasteiger partial charge on any atom is 0.123 e. The van der Waals surface area contributed by atoms with Crippen molar-refractivity contribution in [3.8, 4) is 22.6 Å². The van der Waals surface area contributed by atoms with Gasteiger partial charge in [-0.2, -0.15) is 0 Å². The first-order valence-electron chi connectivity index (χ1n) is 11.2. The van der Waals surface area contributed by atoms with E-state index >= 15 is 0 Å². The lowest BCUT2D eigenvalue weighted by Crippen LogP contribution is -2.07. The molecule has 0 saturated heterocycles. The Hall–Kier alpha value is -1.96. The fraction of sp³-hybridized carbons (Fsp3) is 0.538. The van der Waals surface area contributed by atoms with Crippen molar-refractivity contribution < 1.29 is 10.2 Å². The lowest BCUT2D eigenvalue weighted by atomic mass is 9.79. The van der Waals surface area contributed by atoms with E-state index in [2.05, 4.69) is 26.0 Å². The fourth-order valence-corrected chi connectivity index (χ4v) is 5.56. The highest BCUT2D eigenvalue weighted by Crippen LogP contribution is 2.44. The van der Waals surface area contributed by atoms with Gasteiger partial charge in [-0.1, -0.05) is 38.5 Å². The van der Waals surface area contributed by atoms with E-state index in [1.165, 1.54) is 86.5 Å². The van der Waals surface area contributed by atoms with Crippen LogP contribution in [0.1, 0.15) is 98.3 Å². The number of phenols is 2. The molecule has 2 heteroatoms. The van der Waals surface area contributed by atoms with E-state index in [0.717, 1.165) is 11.1 Å². The van der Waals surface area contributed by atoms with Crippen LogP contribution in [0.4, 0.5) is 0 Å². The Labute approximate surface area is 169 Å². The number of benzene rings is 2. The zero-order valence-electron chi connectivity index (χ0n) is 17.4. The molecule has 2 aliphatic carbocycles. The molecule has 2 aromatic carbocycles. The molecule has 0 radical (unpaired) electrons. The molecule has 0 unspecified atom stereocenters. The minimum Gasteiger partial charge on any atom is -0.507 e. The maximum atomic E-state index is 10.8. The molecule has 0 aliphatic heterocycles. The van der Waals surface area contributed by atoms with Crippen molar-refractivity contribution in [1.29, 1.82) is 0 Å². The highest BCUT2D eigenvalue weighted by molar-refractivity contribution is 5.78. The molecular weight excluding hydrogens is 344 g/mol. The Morgan fingerprint density at radius 2 is 0.929 bits per heavy atom. The van der Waals surface area contributed by atoms with Gasteiger partial charge < -0.3 is 10.2 Å². The lowest BCUT2D eigenvalue weighted by Gasteiger charge is -2.26. The quantitative estimate of drug-likeness (QED) is 0.581. The summed E-state index contributed by atoms with van der Waals surface area (Å²) in [5.74, 6) is 1.73. The van der Waals surface area contributed by atoms with Crippen LogP contribution in [0.5, 0.6) is 11.5 Å². The summed E-state index contributed by atoms with van der Waals surface area (Å²) in [7, 11) is 0. The van der Waals surface area contributed by atoms with Gasteiger partial charge in [0.2, 0.25) is 0 Å². The van der Waals surface area contributed by atoms with Gasteiger partial charge in [0, 0.05) is 11.1 Å². The fourth-order valence-electron chi connectivity index (χ4n) is 5.56. The number of rotatable bonds is 3. The van der Waals surface area contributed by atoms with Gasteiger partial charge in [0.25, 0.3) is 0 Å². The monoisotopic (exact) mass is 378 g/mol. The van der Waals surface area contributed by atoms with Crippen LogP contribution < -0.4 is 0 Å². The van der Waals surface area contributed by atoms with Gasteiger partial charge in [-0.3, -0.25) is 0 Å². The van der Waals surface area contributed by atoms with Crippen LogP contribution in [0, 0.1) is 13.8 Å². The van der Waals surface area contributed by atoms with Crippen LogP contribution in [-0.2, 0) is 0 Å². The predicted molar refractivity (Wildman–Crippen MR) is 116 cm³/mol. The minimum atomic E-state index is 0.283. The first-order chi connectivity index (χ1) is 13.5. The molecule has 28 heavy (non-hydrogen) atoms. The molecule has 150 valence electrons. The van der Waals surface area contributed by atoms with Crippen molar-refractivity contribution in [1.82, 2.24) is 0 Å². The average Bonchev–Trinajstić information content (AvgIpc) is 2.70. The van der Waals surface area contributed by atoms with Gasteiger partial charge in [0.15, 0.2) is 0 Å². The summed E-state index contributed by atoms with van der Waals surface area (Å²) in [6.45, 7) is 4.21. The standard InChI is InChI=1S/C26H34O2/c1-17-13-25(27)23(15-21(17)19-9-5-3-6-10-19)24-16-22(18(2)14-26(24)28)20-11-7-4-8-12-20/h13-16,19-20,27-28H,3-12H2,1-2H3. The largest absolute Gasteiger partial charge is 0.507 e. The third-order valence-electron chi connectivity index (χ3n) is 7.15. The predicted octanol–water partition coefficient (Wildman–Crippen LogP) is 7.48. The average molecular weight is 379 g/mol. The van der Waals surface area contributed by atoms with Crippen molar-refractivity contribution in [2.45, 2.75) is 89.9 Å². The van der Waals surface area contributed by atoms with Gasteiger partial charge in [-0.15, -0.1) is 0 Å². The third-order valence-corrected chi connectivity index (χ3v) is 7.15. The summed E-state index contributed by atoms with van der Waals surface area (Å²) >= 11 is 0. The highest BCUT2D eigenvalue weighted by atomic mass is 16.3. The topological polar surface area (TPSA) is 40.5 Å². The molecule has 0 bridgehead atoms. The normalized spacial score (nSPS) is 19.1.